The molecule has 1 amide bonds. The summed E-state index contributed by atoms with van der Waals surface area (Å²) in [5.74, 6) is 6.70. The number of anilines is 2. The number of fused-ring (bicyclic) bond motifs is 1. The van der Waals surface area contributed by atoms with Crippen LogP contribution in [-0.4, -0.2) is 78.1 Å². The predicted octanol–water partition coefficient (Wildman–Crippen LogP) is 5.05. The maximum Gasteiger partial charge on any atom is 0.342 e. The number of halogens is 1. The van der Waals surface area contributed by atoms with Crippen LogP contribution in [0.4, 0.5) is 11.4 Å². The van der Waals surface area contributed by atoms with E-state index in [1.807, 2.05) is 49.0 Å². The number of likely N-dealkylation sites (N-methyl/N-ethyl adjacent to an activating group) is 1. The Morgan fingerprint density at radius 1 is 1.36 bits per heavy atom. The van der Waals surface area contributed by atoms with E-state index >= 15 is 0 Å². The third-order valence-corrected chi connectivity index (χ3v) is 7.79. The number of carbonyl (C=O) groups is 2. The first-order chi connectivity index (χ1) is 20.2. The molecule has 1 aromatic carbocycles. The molecule has 10 heteroatoms. The molecule has 0 bridgehead atoms. The first-order valence-electron chi connectivity index (χ1n) is 13.8. The highest BCUT2D eigenvalue weighted by atomic mass is 35.5. The van der Waals surface area contributed by atoms with Crippen LogP contribution >= 0.6 is 11.6 Å². The summed E-state index contributed by atoms with van der Waals surface area (Å²) in [5, 5.41) is 3.81. The molecule has 9 nitrogen and oxygen atoms in total. The molecule has 3 aromatic rings. The number of aromatic amines is 1. The molecule has 2 N–H and O–H groups in total. The van der Waals surface area contributed by atoms with E-state index < -0.39 is 11.5 Å². The van der Waals surface area contributed by atoms with E-state index in [-0.39, 0.29) is 5.91 Å². The second-order valence-electron chi connectivity index (χ2n) is 10.8. The van der Waals surface area contributed by atoms with Gasteiger partial charge in [-0.2, -0.15) is 0 Å². The van der Waals surface area contributed by atoms with Gasteiger partial charge in [-0.05, 0) is 52.1 Å². The number of nitrogens with zero attached hydrogens (tertiary/aromatic N) is 3. The van der Waals surface area contributed by atoms with Crippen LogP contribution in [0.5, 0.6) is 5.75 Å². The first kappa shape index (κ1) is 29.2. The number of esters is 1. The van der Waals surface area contributed by atoms with Gasteiger partial charge in [0.25, 0.3) is 0 Å². The normalized spacial score (nSPS) is 18.0. The van der Waals surface area contributed by atoms with Crippen LogP contribution in [0.3, 0.4) is 0 Å². The molecule has 218 valence electrons. The van der Waals surface area contributed by atoms with E-state index in [1.165, 1.54) is 0 Å². The van der Waals surface area contributed by atoms with Gasteiger partial charge in [0, 0.05) is 49.2 Å². The quantitative estimate of drug-likeness (QED) is 0.227. The number of methoxy groups -OCH3 is 1. The number of rotatable bonds is 7. The highest BCUT2D eigenvalue weighted by Crippen LogP contribution is 2.42. The monoisotopic (exact) mass is 587 g/mol. The minimum absolute atomic E-state index is 0.0462. The van der Waals surface area contributed by atoms with E-state index in [9.17, 15) is 9.59 Å². The zero-order chi connectivity index (χ0) is 29.9. The summed E-state index contributed by atoms with van der Waals surface area (Å²) < 4.78 is 10.9. The zero-order valence-electron chi connectivity index (χ0n) is 24.2. The molecule has 1 saturated heterocycles. The summed E-state index contributed by atoms with van der Waals surface area (Å²) in [5.41, 5.74) is 3.80. The van der Waals surface area contributed by atoms with Crippen molar-refractivity contribution >= 4 is 34.9 Å². The van der Waals surface area contributed by atoms with Gasteiger partial charge in [0.15, 0.2) is 5.75 Å². The lowest BCUT2D eigenvalue weighted by Gasteiger charge is -2.29. The molecule has 2 aliphatic heterocycles. The number of para-hydroxylation sites is 1. The lowest BCUT2D eigenvalue weighted by atomic mass is 9.97. The minimum Gasteiger partial charge on any atom is -0.493 e. The fourth-order valence-electron chi connectivity index (χ4n) is 5.37. The number of ether oxygens (including phenoxy) is 2. The smallest absolute Gasteiger partial charge is 0.342 e. The van der Waals surface area contributed by atoms with Crippen LogP contribution in [0.2, 0.25) is 5.02 Å². The van der Waals surface area contributed by atoms with Gasteiger partial charge in [-0.15, -0.1) is 0 Å². The Balaban J connectivity index is 1.55. The number of benzene rings is 1. The number of likely N-dealkylation sites (tertiary alicyclic amines) is 1. The fourth-order valence-corrected chi connectivity index (χ4v) is 5.63. The Hall–Kier alpha value is -4.26. The Labute approximate surface area is 250 Å². The molecule has 2 aliphatic rings. The molecule has 1 fully saturated rings. The first-order valence-corrected chi connectivity index (χ1v) is 14.2. The summed E-state index contributed by atoms with van der Waals surface area (Å²) in [6.07, 6.45) is 9.08. The van der Waals surface area contributed by atoms with Gasteiger partial charge in [0.2, 0.25) is 5.91 Å². The van der Waals surface area contributed by atoms with E-state index in [0.29, 0.717) is 65.1 Å². The van der Waals surface area contributed by atoms with Crippen LogP contribution in [0.25, 0.3) is 11.3 Å². The topological polar surface area (TPSA) is 99.8 Å². The third-order valence-electron chi connectivity index (χ3n) is 7.49. The van der Waals surface area contributed by atoms with E-state index in [0.717, 1.165) is 24.1 Å². The van der Waals surface area contributed by atoms with Crippen LogP contribution in [0.15, 0.2) is 48.8 Å². The number of hydrogen-bond donors (Lipinski definition) is 2. The standard InChI is InChI=1S/C32H34ClN5O4/c1-32(14-7-18-38(32)26(39)10-6-17-37(2)3)15-11-21-20-34-16-12-22(21)28-29(27-24(35-28)13-19-42-31(27)40)36-25-9-5-8-23(33)30(25)41-4/h5-6,8-10,12,16,20,35-36H,7,13-14,17-19H2,1-4H3/b10-6+/t32-/m1/s1. The molecule has 42 heavy (non-hydrogen) atoms. The number of pyridine rings is 1. The fraction of sp³-hybridized carbons (Fsp3) is 0.344. The maximum atomic E-state index is 13.0. The van der Waals surface area contributed by atoms with Crippen molar-refractivity contribution in [1.29, 1.82) is 0 Å². The van der Waals surface area contributed by atoms with Gasteiger partial charge < -0.3 is 29.6 Å². The third kappa shape index (κ3) is 5.87. The SMILES string of the molecule is COc1c(Cl)cccc1Nc1c(-c2ccncc2C#C[C@@]2(C)CCCN2C(=O)/C=C/CN(C)C)[nH]c2c1C(=O)OCC2. The summed E-state index contributed by atoms with van der Waals surface area (Å²) >= 11 is 6.39. The van der Waals surface area contributed by atoms with Crippen molar-refractivity contribution in [2.75, 3.05) is 46.2 Å². The van der Waals surface area contributed by atoms with Crippen molar-refractivity contribution in [3.05, 3.63) is 70.7 Å². The molecule has 0 radical (unpaired) electrons. The van der Waals surface area contributed by atoms with Crippen molar-refractivity contribution in [2.24, 2.45) is 0 Å². The van der Waals surface area contributed by atoms with Crippen molar-refractivity contribution in [3.63, 3.8) is 0 Å². The number of H-pyrrole nitrogens is 1. The number of carbonyl (C=O) groups excluding carboxylic acids is 2. The summed E-state index contributed by atoms with van der Waals surface area (Å²) in [6.45, 7) is 3.63. The van der Waals surface area contributed by atoms with Crippen molar-refractivity contribution < 1.29 is 19.1 Å². The minimum atomic E-state index is -0.624. The van der Waals surface area contributed by atoms with E-state index in [1.54, 1.807) is 37.7 Å². The summed E-state index contributed by atoms with van der Waals surface area (Å²) in [6, 6.07) is 7.23. The number of cyclic esters (lactones) is 1. The largest absolute Gasteiger partial charge is 0.493 e. The molecule has 5 rings (SSSR count). The molecule has 4 heterocycles. The molecule has 0 unspecified atom stereocenters. The van der Waals surface area contributed by atoms with E-state index in [2.05, 4.69) is 27.1 Å². The van der Waals surface area contributed by atoms with Crippen LogP contribution in [-0.2, 0) is 16.0 Å². The second kappa shape index (κ2) is 12.3. The zero-order valence-corrected chi connectivity index (χ0v) is 25.0. The number of hydrogen-bond acceptors (Lipinski definition) is 7. The molecular weight excluding hydrogens is 554 g/mol. The number of nitrogens with one attached hydrogen (secondary N) is 2. The van der Waals surface area contributed by atoms with Crippen molar-refractivity contribution in [3.8, 4) is 28.8 Å². The molecule has 0 saturated carbocycles. The molecule has 0 aliphatic carbocycles. The average molecular weight is 588 g/mol. The van der Waals surface area contributed by atoms with Crippen LogP contribution in [0, 0.1) is 11.8 Å². The Kier molecular flexibility index (Phi) is 8.57. The van der Waals surface area contributed by atoms with Gasteiger partial charge in [-0.3, -0.25) is 9.78 Å². The highest BCUT2D eigenvalue weighted by molar-refractivity contribution is 6.32. The maximum absolute atomic E-state index is 13.0. The van der Waals surface area contributed by atoms with Crippen LogP contribution < -0.4 is 10.1 Å². The van der Waals surface area contributed by atoms with Crippen LogP contribution in [0.1, 0.15) is 41.4 Å². The predicted molar refractivity (Wildman–Crippen MR) is 163 cm³/mol. The molecule has 0 spiro atoms. The van der Waals surface area contributed by atoms with Crippen molar-refractivity contribution in [2.45, 2.75) is 31.7 Å². The van der Waals surface area contributed by atoms with Crippen molar-refractivity contribution in [1.82, 2.24) is 19.8 Å². The van der Waals surface area contributed by atoms with Gasteiger partial charge in [0.1, 0.15) is 11.1 Å². The van der Waals surface area contributed by atoms with Gasteiger partial charge in [0.05, 0.1) is 41.4 Å². The number of amides is 1. The van der Waals surface area contributed by atoms with E-state index in [4.69, 9.17) is 21.1 Å². The molecule has 2 aromatic heterocycles. The lowest BCUT2D eigenvalue weighted by Crippen LogP contribution is -2.43. The highest BCUT2D eigenvalue weighted by Gasteiger charge is 2.37. The Morgan fingerprint density at radius 3 is 2.98 bits per heavy atom. The Bertz CT molecular complexity index is 1600. The van der Waals surface area contributed by atoms with Gasteiger partial charge >= 0.3 is 5.97 Å². The van der Waals surface area contributed by atoms with Gasteiger partial charge in [-0.1, -0.05) is 35.6 Å². The number of aromatic nitrogens is 2. The average Bonchev–Trinajstić information content (AvgIpc) is 3.53. The van der Waals surface area contributed by atoms with Gasteiger partial charge in [-0.25, -0.2) is 4.79 Å². The summed E-state index contributed by atoms with van der Waals surface area (Å²) in [7, 11) is 5.46. The second-order valence-corrected chi connectivity index (χ2v) is 11.2. The molecule has 1 atom stereocenters. The lowest BCUT2D eigenvalue weighted by molar-refractivity contribution is -0.128. The summed E-state index contributed by atoms with van der Waals surface area (Å²) in [4.78, 5) is 37.6. The molecular formula is C32H34ClN5O4. The Morgan fingerprint density at radius 2 is 2.19 bits per heavy atom.